The van der Waals surface area contributed by atoms with Crippen LogP contribution in [0.3, 0.4) is 0 Å². The molecule has 4 heteroatoms. The molecule has 0 radical (unpaired) electrons. The van der Waals surface area contributed by atoms with Crippen LogP contribution in [0.15, 0.2) is 36.4 Å². The van der Waals surface area contributed by atoms with Gasteiger partial charge in [-0.25, -0.2) is 0 Å². The summed E-state index contributed by atoms with van der Waals surface area (Å²) in [6, 6.07) is 13.8. The first-order valence-electron chi connectivity index (χ1n) is 16.4. The molecule has 8 rings (SSSR count). The van der Waals surface area contributed by atoms with Crippen LogP contribution >= 0.6 is 0 Å². The summed E-state index contributed by atoms with van der Waals surface area (Å²) in [5, 5.41) is 18.8. The van der Waals surface area contributed by atoms with E-state index in [2.05, 4.69) is 43.3 Å². The van der Waals surface area contributed by atoms with E-state index < -0.39 is 0 Å². The van der Waals surface area contributed by atoms with Crippen LogP contribution < -0.4 is 9.47 Å². The van der Waals surface area contributed by atoms with Gasteiger partial charge < -0.3 is 9.47 Å². The number of ether oxygens (including phenoxy) is 2. The van der Waals surface area contributed by atoms with Gasteiger partial charge in [-0.1, -0.05) is 69.7 Å². The summed E-state index contributed by atoms with van der Waals surface area (Å²) in [5.41, 5.74) is 6.18. The minimum Gasteiger partial charge on any atom is -0.388 e. The molecule has 6 fully saturated rings. The number of hydrogen-bond acceptors (Lipinski definition) is 4. The van der Waals surface area contributed by atoms with Crippen LogP contribution in [0.2, 0.25) is 0 Å². The predicted molar refractivity (Wildman–Crippen MR) is 160 cm³/mol. The maximum Gasteiger partial charge on any atom is 0.292 e. The van der Waals surface area contributed by atoms with E-state index in [1.807, 2.05) is 12.5 Å². The number of hydrogen-bond donors (Lipinski definition) is 0. The summed E-state index contributed by atoms with van der Waals surface area (Å²) in [6.07, 6.45) is 24.0. The molecule has 41 heavy (non-hydrogen) atoms. The van der Waals surface area contributed by atoms with Crippen LogP contribution in [-0.2, 0) is 10.8 Å². The summed E-state index contributed by atoms with van der Waals surface area (Å²) in [7, 11) is 0. The molecule has 6 aliphatic rings. The van der Waals surface area contributed by atoms with Crippen molar-refractivity contribution in [3.05, 3.63) is 58.7 Å². The summed E-state index contributed by atoms with van der Waals surface area (Å²) in [6.45, 7) is 2.56. The Kier molecular flexibility index (Phi) is 6.81. The van der Waals surface area contributed by atoms with Crippen LogP contribution in [0.1, 0.15) is 144 Å². The van der Waals surface area contributed by atoms with E-state index in [1.165, 1.54) is 125 Å². The molecular formula is C37H44N2O2. The Labute approximate surface area is 246 Å². The van der Waals surface area contributed by atoms with E-state index in [-0.39, 0.29) is 10.8 Å². The quantitative estimate of drug-likeness (QED) is 0.337. The van der Waals surface area contributed by atoms with E-state index in [4.69, 9.17) is 9.47 Å². The highest BCUT2D eigenvalue weighted by atomic mass is 16.5. The lowest BCUT2D eigenvalue weighted by Crippen LogP contribution is -2.59. The maximum absolute atomic E-state index is 9.41. The van der Waals surface area contributed by atoms with Gasteiger partial charge in [0.05, 0.1) is 0 Å². The van der Waals surface area contributed by atoms with Crippen LogP contribution in [0.5, 0.6) is 11.5 Å². The van der Waals surface area contributed by atoms with Crippen molar-refractivity contribution < 1.29 is 9.47 Å². The predicted octanol–water partition coefficient (Wildman–Crippen LogP) is 9.68. The summed E-state index contributed by atoms with van der Waals surface area (Å²) >= 11 is 0. The van der Waals surface area contributed by atoms with E-state index in [1.54, 1.807) is 0 Å². The molecule has 0 heterocycles. The van der Waals surface area contributed by atoms with Crippen molar-refractivity contribution in [2.24, 2.45) is 11.3 Å². The Morgan fingerprint density at radius 3 is 1.51 bits per heavy atom. The van der Waals surface area contributed by atoms with Gasteiger partial charge in [0.15, 0.2) is 0 Å². The normalized spacial score (nSPS) is 33.2. The first-order valence-corrected chi connectivity index (χ1v) is 16.4. The average molecular weight is 549 g/mol. The van der Waals surface area contributed by atoms with Crippen molar-refractivity contribution in [1.82, 2.24) is 0 Å². The third-order valence-corrected chi connectivity index (χ3v) is 12.0. The van der Waals surface area contributed by atoms with Gasteiger partial charge in [0, 0.05) is 0 Å². The summed E-state index contributed by atoms with van der Waals surface area (Å²) in [5.74, 6) is 3.28. The van der Waals surface area contributed by atoms with Gasteiger partial charge in [0.1, 0.15) is 11.5 Å². The standard InChI is InChI=1S/C37H44N2O2/c1-35-18-26-19-36(21-35,29-12-14-33(40-24-38)31(16-29)27-8-4-2-5-9-27)23-37(20-26,22-35)30-13-15-34(41-25-39)32(17-30)28-10-6-3-7-11-28/h12-17,26-28H,2-11,18-23H2,1H3. The Bertz CT molecular complexity index is 1290. The molecular weight excluding hydrogens is 504 g/mol. The van der Waals surface area contributed by atoms with Gasteiger partial charge in [-0.05, 0) is 133 Å². The molecule has 0 spiro atoms. The van der Waals surface area contributed by atoms with Crippen LogP contribution in [0.4, 0.5) is 0 Å². The molecule has 0 N–H and O–H groups in total. The molecule has 4 bridgehead atoms. The Morgan fingerprint density at radius 2 is 1.10 bits per heavy atom. The monoisotopic (exact) mass is 548 g/mol. The summed E-state index contributed by atoms with van der Waals surface area (Å²) < 4.78 is 11.1. The second-order valence-electron chi connectivity index (χ2n) is 14.9. The highest BCUT2D eigenvalue weighted by Crippen LogP contribution is 2.70. The third kappa shape index (κ3) is 4.73. The fourth-order valence-electron chi connectivity index (χ4n) is 11.1. The topological polar surface area (TPSA) is 66.0 Å². The van der Waals surface area contributed by atoms with E-state index in [0.717, 1.165) is 17.4 Å². The van der Waals surface area contributed by atoms with Gasteiger partial charge in [0.2, 0.25) is 0 Å². The van der Waals surface area contributed by atoms with E-state index >= 15 is 0 Å². The Balaban J connectivity index is 1.30. The van der Waals surface area contributed by atoms with Gasteiger partial charge >= 0.3 is 0 Å². The van der Waals surface area contributed by atoms with Crippen molar-refractivity contribution in [1.29, 1.82) is 10.5 Å². The molecule has 6 aliphatic carbocycles. The zero-order valence-electron chi connectivity index (χ0n) is 24.7. The average Bonchev–Trinajstić information content (AvgIpc) is 2.97. The highest BCUT2D eigenvalue weighted by Gasteiger charge is 2.62. The number of nitriles is 2. The van der Waals surface area contributed by atoms with Gasteiger partial charge in [-0.3, -0.25) is 0 Å². The second-order valence-corrected chi connectivity index (χ2v) is 14.9. The molecule has 214 valence electrons. The lowest BCUT2D eigenvalue weighted by molar-refractivity contribution is -0.0808. The van der Waals surface area contributed by atoms with Crippen molar-refractivity contribution in [3.8, 4) is 24.0 Å². The lowest BCUT2D eigenvalue weighted by atomic mass is 9.38. The van der Waals surface area contributed by atoms with Crippen molar-refractivity contribution >= 4 is 0 Å². The second kappa shape index (κ2) is 10.4. The first kappa shape index (κ1) is 26.9. The highest BCUT2D eigenvalue weighted by molar-refractivity contribution is 5.48. The molecule has 2 aromatic rings. The molecule has 4 nitrogen and oxygen atoms in total. The lowest BCUT2D eigenvalue weighted by Gasteiger charge is -2.66. The van der Waals surface area contributed by atoms with E-state index in [9.17, 15) is 10.5 Å². The Morgan fingerprint density at radius 1 is 0.634 bits per heavy atom. The SMILES string of the molecule is CC12CC3CC(c4ccc(OC#N)c(C5CCCCC5)c4)(C1)CC(c1ccc(OC#N)c(C4CCCCC4)c1)(C3)C2. The zero-order chi connectivity index (χ0) is 28.1. The molecule has 2 atom stereocenters. The summed E-state index contributed by atoms with van der Waals surface area (Å²) in [4.78, 5) is 0. The molecule has 6 saturated carbocycles. The number of benzene rings is 2. The molecule has 0 amide bonds. The van der Waals surface area contributed by atoms with Crippen LogP contribution in [0, 0.1) is 34.4 Å². The maximum atomic E-state index is 9.41. The molecule has 0 aromatic heterocycles. The fraction of sp³-hybridized carbons (Fsp3) is 0.622. The fourth-order valence-corrected chi connectivity index (χ4v) is 11.1. The third-order valence-electron chi connectivity index (χ3n) is 12.0. The molecule has 2 aromatic carbocycles. The van der Waals surface area contributed by atoms with Crippen LogP contribution in [-0.4, -0.2) is 0 Å². The smallest absolute Gasteiger partial charge is 0.292 e. The zero-order valence-corrected chi connectivity index (χ0v) is 24.7. The molecule has 2 unspecified atom stereocenters. The van der Waals surface area contributed by atoms with E-state index in [0.29, 0.717) is 17.3 Å². The van der Waals surface area contributed by atoms with Gasteiger partial charge in [0.25, 0.3) is 12.5 Å². The molecule has 0 saturated heterocycles. The number of nitrogens with zero attached hydrogens (tertiary/aromatic N) is 2. The van der Waals surface area contributed by atoms with Crippen molar-refractivity contribution in [2.75, 3.05) is 0 Å². The number of rotatable bonds is 6. The first-order chi connectivity index (χ1) is 19.9. The largest absolute Gasteiger partial charge is 0.388 e. The van der Waals surface area contributed by atoms with Gasteiger partial charge in [-0.2, -0.15) is 0 Å². The minimum atomic E-state index is 0.162. The van der Waals surface area contributed by atoms with Crippen LogP contribution in [0.25, 0.3) is 0 Å². The van der Waals surface area contributed by atoms with Crippen molar-refractivity contribution in [3.63, 3.8) is 0 Å². The van der Waals surface area contributed by atoms with Gasteiger partial charge in [-0.15, -0.1) is 10.5 Å². The minimum absolute atomic E-state index is 0.162. The van der Waals surface area contributed by atoms with Crippen molar-refractivity contribution in [2.45, 2.75) is 132 Å². The Hall–Kier alpha value is -2.98. The molecule has 0 aliphatic heterocycles.